The summed E-state index contributed by atoms with van der Waals surface area (Å²) in [6, 6.07) is 10.1. The van der Waals surface area contributed by atoms with Crippen LogP contribution >= 0.6 is 0 Å². The number of H-pyrrole nitrogens is 1. The van der Waals surface area contributed by atoms with Gasteiger partial charge in [0, 0.05) is 23.9 Å². The summed E-state index contributed by atoms with van der Waals surface area (Å²) in [6.07, 6.45) is 5.15. The molecule has 3 rings (SSSR count). The molecule has 25 heavy (non-hydrogen) atoms. The normalized spacial score (nSPS) is 17.4. The van der Waals surface area contributed by atoms with E-state index >= 15 is 0 Å². The van der Waals surface area contributed by atoms with Crippen LogP contribution in [0.3, 0.4) is 0 Å². The lowest BCUT2D eigenvalue weighted by atomic mass is 10.0. The van der Waals surface area contributed by atoms with E-state index in [2.05, 4.69) is 36.2 Å². The first kappa shape index (κ1) is 17.7. The van der Waals surface area contributed by atoms with Crippen LogP contribution in [0.2, 0.25) is 0 Å². The van der Waals surface area contributed by atoms with Crippen molar-refractivity contribution in [1.82, 2.24) is 4.98 Å². The summed E-state index contributed by atoms with van der Waals surface area (Å²) >= 11 is 0. The molecule has 1 saturated heterocycles. The highest BCUT2D eigenvalue weighted by Gasteiger charge is 2.15. The smallest absolute Gasteiger partial charge is 0.194 e. The second-order valence-electron chi connectivity index (χ2n) is 6.89. The highest BCUT2D eigenvalue weighted by molar-refractivity contribution is 5.27. The Labute approximate surface area is 149 Å². The Hall–Kier alpha value is -2.07. The number of aryl methyl sites for hydroxylation is 3. The van der Waals surface area contributed by atoms with E-state index in [1.807, 2.05) is 6.92 Å². The third kappa shape index (κ3) is 4.95. The van der Waals surface area contributed by atoms with E-state index in [0.717, 1.165) is 43.5 Å². The van der Waals surface area contributed by atoms with E-state index in [-0.39, 0.29) is 11.5 Å². The fourth-order valence-corrected chi connectivity index (χ4v) is 3.13. The van der Waals surface area contributed by atoms with Gasteiger partial charge in [0.15, 0.2) is 11.3 Å². The molecular formula is C21H27NO3. The van der Waals surface area contributed by atoms with Crippen LogP contribution in [-0.4, -0.2) is 24.3 Å². The Balaban J connectivity index is 1.65. The lowest BCUT2D eigenvalue weighted by Crippen LogP contribution is -2.26. The van der Waals surface area contributed by atoms with Crippen molar-refractivity contribution in [3.05, 3.63) is 62.9 Å². The fourth-order valence-electron chi connectivity index (χ4n) is 3.13. The molecule has 1 aliphatic heterocycles. The van der Waals surface area contributed by atoms with Crippen molar-refractivity contribution < 1.29 is 9.47 Å². The van der Waals surface area contributed by atoms with Crippen LogP contribution in [0.5, 0.6) is 5.88 Å². The largest absolute Gasteiger partial charge is 0.476 e. The van der Waals surface area contributed by atoms with E-state index in [0.29, 0.717) is 12.5 Å². The molecule has 4 heteroatoms. The van der Waals surface area contributed by atoms with Gasteiger partial charge in [-0.1, -0.05) is 29.8 Å². The molecular weight excluding hydrogens is 314 g/mol. The molecule has 1 fully saturated rings. The van der Waals surface area contributed by atoms with Crippen LogP contribution < -0.4 is 10.2 Å². The van der Waals surface area contributed by atoms with Gasteiger partial charge in [-0.15, -0.1) is 0 Å². The predicted octanol–water partition coefficient (Wildman–Crippen LogP) is 3.72. The molecule has 0 aliphatic carbocycles. The lowest BCUT2D eigenvalue weighted by Gasteiger charge is -2.22. The summed E-state index contributed by atoms with van der Waals surface area (Å²) in [4.78, 5) is 15.5. The zero-order chi connectivity index (χ0) is 17.6. The van der Waals surface area contributed by atoms with Gasteiger partial charge in [0.2, 0.25) is 0 Å². The van der Waals surface area contributed by atoms with Crippen LogP contribution in [-0.2, 0) is 17.6 Å². The van der Waals surface area contributed by atoms with Crippen LogP contribution in [0.15, 0.2) is 35.1 Å². The summed E-state index contributed by atoms with van der Waals surface area (Å²) < 4.78 is 11.5. The van der Waals surface area contributed by atoms with Gasteiger partial charge in [0.1, 0.15) is 6.61 Å². The predicted molar refractivity (Wildman–Crippen MR) is 99.5 cm³/mol. The number of hydrogen-bond donors (Lipinski definition) is 1. The molecule has 1 N–H and O–H groups in total. The van der Waals surface area contributed by atoms with Crippen LogP contribution in [0, 0.1) is 13.8 Å². The van der Waals surface area contributed by atoms with Crippen molar-refractivity contribution in [2.45, 2.75) is 52.1 Å². The first-order valence-corrected chi connectivity index (χ1v) is 9.14. The second kappa shape index (κ2) is 8.34. The quantitative estimate of drug-likeness (QED) is 0.871. The van der Waals surface area contributed by atoms with Crippen molar-refractivity contribution >= 4 is 0 Å². The number of ether oxygens (including phenoxy) is 2. The number of rotatable bonds is 6. The molecule has 1 atom stereocenters. The third-order valence-electron chi connectivity index (χ3n) is 4.84. The van der Waals surface area contributed by atoms with Gasteiger partial charge in [-0.05, 0) is 51.5 Å². The van der Waals surface area contributed by atoms with Gasteiger partial charge in [0.05, 0.1) is 6.10 Å². The molecule has 134 valence electrons. The summed E-state index contributed by atoms with van der Waals surface area (Å²) in [5.74, 6) is 0.545. The zero-order valence-corrected chi connectivity index (χ0v) is 15.1. The Morgan fingerprint density at radius 2 is 1.96 bits per heavy atom. The van der Waals surface area contributed by atoms with Gasteiger partial charge in [-0.25, -0.2) is 0 Å². The van der Waals surface area contributed by atoms with Crippen molar-refractivity contribution in [2.24, 2.45) is 0 Å². The fraction of sp³-hybridized carbons (Fsp3) is 0.476. The van der Waals surface area contributed by atoms with Crippen molar-refractivity contribution in [3.63, 3.8) is 0 Å². The molecule has 0 saturated carbocycles. The maximum absolute atomic E-state index is 12.2. The molecule has 1 aromatic carbocycles. The number of hydrogen-bond acceptors (Lipinski definition) is 3. The first-order valence-electron chi connectivity index (χ1n) is 9.14. The van der Waals surface area contributed by atoms with Crippen LogP contribution in [0.4, 0.5) is 0 Å². The van der Waals surface area contributed by atoms with E-state index in [1.54, 1.807) is 6.07 Å². The van der Waals surface area contributed by atoms with E-state index in [9.17, 15) is 4.79 Å². The molecule has 2 aromatic rings. The lowest BCUT2D eigenvalue weighted by molar-refractivity contribution is -0.0120. The highest BCUT2D eigenvalue weighted by Crippen LogP contribution is 2.16. The summed E-state index contributed by atoms with van der Waals surface area (Å²) in [5.41, 5.74) is 4.28. The van der Waals surface area contributed by atoms with Crippen LogP contribution in [0.25, 0.3) is 0 Å². The monoisotopic (exact) mass is 341 g/mol. The summed E-state index contributed by atoms with van der Waals surface area (Å²) in [6.45, 7) is 5.26. The topological polar surface area (TPSA) is 51.3 Å². The first-order chi connectivity index (χ1) is 12.1. The summed E-state index contributed by atoms with van der Waals surface area (Å²) in [7, 11) is 0. The van der Waals surface area contributed by atoms with Gasteiger partial charge in [-0.2, -0.15) is 0 Å². The number of aromatic amines is 1. The third-order valence-corrected chi connectivity index (χ3v) is 4.84. The van der Waals surface area contributed by atoms with Gasteiger partial charge < -0.3 is 14.5 Å². The molecule has 0 radical (unpaired) electrons. The molecule has 0 bridgehead atoms. The number of nitrogens with one attached hydrogen (secondary N) is 1. The molecule has 4 nitrogen and oxygen atoms in total. The Morgan fingerprint density at radius 1 is 1.16 bits per heavy atom. The van der Waals surface area contributed by atoms with Crippen molar-refractivity contribution in [3.8, 4) is 5.88 Å². The highest BCUT2D eigenvalue weighted by atomic mass is 16.5. The molecule has 1 unspecified atom stereocenters. The van der Waals surface area contributed by atoms with Crippen LogP contribution in [0.1, 0.15) is 41.6 Å². The minimum atomic E-state index is 0.0252. The molecule has 2 heterocycles. The Morgan fingerprint density at radius 3 is 2.68 bits per heavy atom. The van der Waals surface area contributed by atoms with Crippen molar-refractivity contribution in [2.75, 3.05) is 13.2 Å². The maximum Gasteiger partial charge on any atom is 0.194 e. The van der Waals surface area contributed by atoms with Crippen molar-refractivity contribution in [1.29, 1.82) is 0 Å². The van der Waals surface area contributed by atoms with Gasteiger partial charge >= 0.3 is 0 Å². The molecule has 1 aliphatic rings. The standard InChI is InChI=1S/C21H27NO3/c1-15-6-8-17(9-7-15)10-11-19-16(2)20(23)13-21(22-19)25-14-18-5-3-4-12-24-18/h6-9,13,18H,3-5,10-12,14H2,1-2H3,(H,22,23). The molecule has 0 amide bonds. The molecule has 1 aromatic heterocycles. The van der Waals surface area contributed by atoms with E-state index < -0.39 is 0 Å². The molecule has 0 spiro atoms. The Kier molecular flexibility index (Phi) is 5.92. The number of aromatic nitrogens is 1. The SMILES string of the molecule is Cc1ccc(CCc2[nH]c(OCC3CCCCO3)cc(=O)c2C)cc1. The van der Waals surface area contributed by atoms with E-state index in [4.69, 9.17) is 9.47 Å². The Bertz CT molecular complexity index is 743. The number of pyridine rings is 1. The van der Waals surface area contributed by atoms with Gasteiger partial charge in [0.25, 0.3) is 0 Å². The average molecular weight is 341 g/mol. The maximum atomic E-state index is 12.2. The minimum Gasteiger partial charge on any atom is -0.476 e. The minimum absolute atomic E-state index is 0.0252. The zero-order valence-electron chi connectivity index (χ0n) is 15.1. The number of benzene rings is 1. The van der Waals surface area contributed by atoms with Gasteiger partial charge in [-0.3, -0.25) is 4.79 Å². The summed E-state index contributed by atoms with van der Waals surface area (Å²) in [5, 5.41) is 0. The second-order valence-corrected chi connectivity index (χ2v) is 6.89. The van der Waals surface area contributed by atoms with E-state index in [1.165, 1.54) is 17.5 Å². The average Bonchev–Trinajstić information content (AvgIpc) is 2.63.